The number of nitrogens with one attached hydrogen (secondary N) is 1. The molecule has 1 heterocycles. The molecule has 6 nitrogen and oxygen atoms in total. The van der Waals surface area contributed by atoms with Crippen LogP contribution in [0.25, 0.3) is 10.8 Å². The predicted octanol–water partition coefficient (Wildman–Crippen LogP) is 0.961. The average Bonchev–Trinajstić information content (AvgIpc) is 3.30. The molecule has 0 radical (unpaired) electrons. The van der Waals surface area contributed by atoms with E-state index >= 15 is 0 Å². The van der Waals surface area contributed by atoms with Gasteiger partial charge in [-0.1, -0.05) is 0 Å². The highest BCUT2D eigenvalue weighted by atomic mass is 16.7. The Morgan fingerprint density at radius 3 is 2.67 bits per heavy atom. The van der Waals surface area contributed by atoms with Crippen molar-refractivity contribution in [3.05, 3.63) is 40.3 Å². The number of aromatic nitrogens is 1. The highest BCUT2D eigenvalue weighted by Crippen LogP contribution is 2.21. The van der Waals surface area contributed by atoms with Gasteiger partial charge in [0, 0.05) is 6.04 Å². The molecule has 0 aliphatic heterocycles. The second kappa shape index (κ2) is 5.12. The number of amides is 1. The number of rotatable bonds is 4. The van der Waals surface area contributed by atoms with E-state index < -0.39 is 0 Å². The highest BCUT2D eigenvalue weighted by Gasteiger charge is 2.26. The van der Waals surface area contributed by atoms with Crippen LogP contribution in [0.5, 0.6) is 5.75 Å². The van der Waals surface area contributed by atoms with Crippen LogP contribution in [0.2, 0.25) is 0 Å². The van der Waals surface area contributed by atoms with Crippen LogP contribution in [0.3, 0.4) is 0 Å². The zero-order valence-corrected chi connectivity index (χ0v) is 11.9. The minimum atomic E-state index is -0.362. The lowest BCUT2D eigenvalue weighted by Gasteiger charge is -2.12. The minimum Gasteiger partial charge on any atom is -0.497 e. The fraction of sp³-hybridized carbons (Fsp3) is 0.333. The van der Waals surface area contributed by atoms with Crippen molar-refractivity contribution < 1.29 is 14.4 Å². The Hall–Kier alpha value is -2.50. The van der Waals surface area contributed by atoms with Crippen LogP contribution in [0, 0.1) is 0 Å². The van der Waals surface area contributed by atoms with E-state index in [4.69, 9.17) is 9.57 Å². The topological polar surface area (TPSA) is 69.6 Å². The Bertz CT molecular complexity index is 762. The molecular formula is C15H16N2O4. The number of methoxy groups -OCH3 is 1. The molecule has 0 atom stereocenters. The number of pyridine rings is 1. The van der Waals surface area contributed by atoms with Crippen molar-refractivity contribution in [3.63, 3.8) is 0 Å². The summed E-state index contributed by atoms with van der Waals surface area (Å²) in [6.45, 7) is 0. The van der Waals surface area contributed by atoms with Gasteiger partial charge in [-0.3, -0.25) is 9.59 Å². The van der Waals surface area contributed by atoms with Crippen LogP contribution in [-0.4, -0.2) is 30.9 Å². The second-order valence-electron chi connectivity index (χ2n) is 5.01. The molecule has 1 aliphatic rings. The second-order valence-corrected chi connectivity index (χ2v) is 5.01. The molecule has 0 unspecified atom stereocenters. The maximum atomic E-state index is 12.4. The van der Waals surface area contributed by atoms with Crippen molar-refractivity contribution in [2.75, 3.05) is 14.2 Å². The summed E-state index contributed by atoms with van der Waals surface area (Å²) in [5.74, 6) is 0.326. The van der Waals surface area contributed by atoms with Gasteiger partial charge in [-0.2, -0.15) is 0 Å². The van der Waals surface area contributed by atoms with Crippen LogP contribution < -0.4 is 20.5 Å². The largest absolute Gasteiger partial charge is 0.497 e. The third kappa shape index (κ3) is 2.44. The maximum absolute atomic E-state index is 12.4. The number of hydrogen-bond donors (Lipinski definition) is 1. The van der Waals surface area contributed by atoms with E-state index in [-0.39, 0.29) is 23.2 Å². The first-order chi connectivity index (χ1) is 10.1. The fourth-order valence-electron chi connectivity index (χ4n) is 2.23. The van der Waals surface area contributed by atoms with Gasteiger partial charge in [-0.25, -0.2) is 0 Å². The third-order valence-corrected chi connectivity index (χ3v) is 3.51. The summed E-state index contributed by atoms with van der Waals surface area (Å²) < 4.78 is 6.17. The van der Waals surface area contributed by atoms with Gasteiger partial charge in [0.1, 0.15) is 18.6 Å². The molecule has 3 rings (SSSR count). The van der Waals surface area contributed by atoms with E-state index in [1.807, 2.05) is 0 Å². The molecule has 0 saturated heterocycles. The van der Waals surface area contributed by atoms with Gasteiger partial charge >= 0.3 is 0 Å². The Balaban J connectivity index is 2.16. The number of hydrogen-bond acceptors (Lipinski definition) is 4. The summed E-state index contributed by atoms with van der Waals surface area (Å²) >= 11 is 0. The molecule has 1 aromatic heterocycles. The quantitative estimate of drug-likeness (QED) is 0.910. The molecule has 1 aliphatic carbocycles. The van der Waals surface area contributed by atoms with Crippen molar-refractivity contribution in [2.24, 2.45) is 0 Å². The number of nitrogens with zero attached hydrogens (tertiary/aromatic N) is 1. The Morgan fingerprint density at radius 2 is 2.05 bits per heavy atom. The van der Waals surface area contributed by atoms with E-state index in [9.17, 15) is 9.59 Å². The summed E-state index contributed by atoms with van der Waals surface area (Å²) in [7, 11) is 2.92. The third-order valence-electron chi connectivity index (χ3n) is 3.51. The average molecular weight is 288 g/mol. The number of fused-ring (bicyclic) bond motifs is 1. The minimum absolute atomic E-state index is 0.190. The summed E-state index contributed by atoms with van der Waals surface area (Å²) in [5, 5.41) is 3.98. The molecule has 1 fully saturated rings. The van der Waals surface area contributed by atoms with Crippen molar-refractivity contribution in [3.8, 4) is 5.75 Å². The van der Waals surface area contributed by atoms with Gasteiger partial charge in [0.05, 0.1) is 12.5 Å². The highest BCUT2D eigenvalue weighted by molar-refractivity contribution is 5.97. The Kier molecular flexibility index (Phi) is 3.29. The molecule has 2 aromatic rings. The number of carbonyl (C=O) groups is 1. The maximum Gasteiger partial charge on any atom is 0.291 e. The monoisotopic (exact) mass is 288 g/mol. The van der Waals surface area contributed by atoms with Crippen molar-refractivity contribution in [2.45, 2.75) is 18.9 Å². The Morgan fingerprint density at radius 1 is 1.29 bits per heavy atom. The van der Waals surface area contributed by atoms with E-state index in [2.05, 4.69) is 5.32 Å². The van der Waals surface area contributed by atoms with E-state index in [0.29, 0.717) is 16.5 Å². The van der Waals surface area contributed by atoms with Crippen molar-refractivity contribution in [1.82, 2.24) is 10.0 Å². The Labute approximate surface area is 121 Å². The lowest BCUT2D eigenvalue weighted by molar-refractivity contribution is 0.0882. The normalized spacial score (nSPS) is 14.0. The summed E-state index contributed by atoms with van der Waals surface area (Å²) in [6.07, 6.45) is 1.95. The molecular weight excluding hydrogens is 272 g/mol. The molecule has 21 heavy (non-hydrogen) atoms. The lowest BCUT2D eigenvalue weighted by atomic mass is 10.1. The zero-order valence-electron chi connectivity index (χ0n) is 11.9. The fourth-order valence-corrected chi connectivity index (χ4v) is 2.23. The van der Waals surface area contributed by atoms with Crippen LogP contribution in [0.15, 0.2) is 29.1 Å². The van der Waals surface area contributed by atoms with Crippen LogP contribution in [0.1, 0.15) is 23.3 Å². The van der Waals surface area contributed by atoms with Crippen LogP contribution in [-0.2, 0) is 0 Å². The van der Waals surface area contributed by atoms with Gasteiger partial charge < -0.3 is 14.9 Å². The molecule has 0 bridgehead atoms. The SMILES string of the molecule is COc1ccc2c(=O)n(OC)c(C(=O)NC3CC3)cc2c1. The molecule has 110 valence electrons. The molecule has 1 amide bonds. The van der Waals surface area contributed by atoms with Gasteiger partial charge in [-0.15, -0.1) is 4.73 Å². The molecule has 1 aromatic carbocycles. The first kappa shape index (κ1) is 13.5. The first-order valence-corrected chi connectivity index (χ1v) is 6.73. The molecule has 1 N–H and O–H groups in total. The van der Waals surface area contributed by atoms with E-state index in [1.54, 1.807) is 31.4 Å². The molecule has 1 saturated carbocycles. The lowest BCUT2D eigenvalue weighted by Crippen LogP contribution is -2.35. The number of carbonyl (C=O) groups excluding carboxylic acids is 1. The van der Waals surface area contributed by atoms with Gasteiger partial charge in [0.25, 0.3) is 11.5 Å². The summed E-state index contributed by atoms with van der Waals surface area (Å²) in [4.78, 5) is 29.7. The summed E-state index contributed by atoms with van der Waals surface area (Å²) in [5.41, 5.74) is -0.172. The van der Waals surface area contributed by atoms with Crippen LogP contribution in [0.4, 0.5) is 0 Å². The van der Waals surface area contributed by atoms with Crippen molar-refractivity contribution >= 4 is 16.7 Å². The smallest absolute Gasteiger partial charge is 0.291 e. The van der Waals surface area contributed by atoms with Gasteiger partial charge in [0.2, 0.25) is 0 Å². The standard InChI is InChI=1S/C15H16N2O4/c1-20-11-5-6-12-9(7-11)8-13(17(21-2)15(12)19)14(18)16-10-3-4-10/h5-8,10H,3-4H2,1-2H3,(H,16,18). The first-order valence-electron chi connectivity index (χ1n) is 6.73. The van der Waals surface area contributed by atoms with E-state index in [0.717, 1.165) is 17.6 Å². The van der Waals surface area contributed by atoms with Gasteiger partial charge in [0.15, 0.2) is 0 Å². The molecule has 6 heteroatoms. The number of ether oxygens (including phenoxy) is 1. The van der Waals surface area contributed by atoms with Crippen molar-refractivity contribution in [1.29, 1.82) is 0 Å². The number of benzene rings is 1. The van der Waals surface area contributed by atoms with Crippen LogP contribution >= 0.6 is 0 Å². The predicted molar refractivity (Wildman–Crippen MR) is 77.8 cm³/mol. The molecule has 0 spiro atoms. The summed E-state index contributed by atoms with van der Waals surface area (Å²) in [6, 6.07) is 6.94. The van der Waals surface area contributed by atoms with Gasteiger partial charge in [-0.05, 0) is 42.5 Å². The van der Waals surface area contributed by atoms with E-state index in [1.165, 1.54) is 7.11 Å². The zero-order chi connectivity index (χ0) is 15.0.